The van der Waals surface area contributed by atoms with Crippen molar-refractivity contribution in [2.75, 3.05) is 12.4 Å². The predicted octanol–water partition coefficient (Wildman–Crippen LogP) is 4.77. The lowest BCUT2D eigenvalue weighted by atomic mass is 10.2. The van der Waals surface area contributed by atoms with Crippen LogP contribution in [0.2, 0.25) is 0 Å². The first kappa shape index (κ1) is 20.0. The smallest absolute Gasteiger partial charge is 0.224 e. The number of aromatic nitrogens is 2. The molecule has 0 bridgehead atoms. The van der Waals surface area contributed by atoms with Gasteiger partial charge < -0.3 is 14.8 Å². The molecule has 1 aromatic heterocycles. The quantitative estimate of drug-likeness (QED) is 0.586. The molecule has 1 aliphatic carbocycles. The van der Waals surface area contributed by atoms with Gasteiger partial charge in [0, 0.05) is 24.4 Å². The number of anilines is 1. The molecule has 2 aromatic carbocycles. The number of ether oxygens (including phenoxy) is 2. The second kappa shape index (κ2) is 9.48. The maximum Gasteiger partial charge on any atom is 0.224 e. The van der Waals surface area contributed by atoms with Crippen molar-refractivity contribution in [2.24, 2.45) is 0 Å². The lowest BCUT2D eigenvalue weighted by Gasteiger charge is -2.17. The Kier molecular flexibility index (Phi) is 6.32. The van der Waals surface area contributed by atoms with E-state index in [0.717, 1.165) is 24.1 Å². The normalized spacial score (nSPS) is 13.9. The summed E-state index contributed by atoms with van der Waals surface area (Å²) in [6, 6.07) is 15.4. The summed E-state index contributed by atoms with van der Waals surface area (Å²) < 4.78 is 13.3. The van der Waals surface area contributed by atoms with Crippen LogP contribution in [0, 0.1) is 0 Å². The molecule has 30 heavy (non-hydrogen) atoms. The number of benzene rings is 2. The molecule has 1 amide bonds. The standard InChI is InChI=1S/C24H27N3O3/c1-29-22-13-12-19(15-23(22)30-21-9-5-6-10-21)26-24(28)14-11-18-16-25-27(17-18)20-7-3-2-4-8-20/h2-4,7-8,12-13,15-17,21H,5-6,9-11,14H2,1H3,(H,26,28). The molecule has 0 spiro atoms. The number of carbonyl (C=O) groups is 1. The molecule has 0 atom stereocenters. The number of hydrogen-bond acceptors (Lipinski definition) is 4. The molecular weight excluding hydrogens is 378 g/mol. The minimum atomic E-state index is -0.0422. The number of aryl methyl sites for hydroxylation is 1. The summed E-state index contributed by atoms with van der Waals surface area (Å²) in [5.74, 6) is 1.33. The lowest BCUT2D eigenvalue weighted by Crippen LogP contribution is -2.14. The lowest BCUT2D eigenvalue weighted by molar-refractivity contribution is -0.116. The van der Waals surface area contributed by atoms with Gasteiger partial charge in [0.05, 0.1) is 25.1 Å². The van der Waals surface area contributed by atoms with Crippen LogP contribution >= 0.6 is 0 Å². The Bertz CT molecular complexity index is 978. The van der Waals surface area contributed by atoms with Crippen LogP contribution in [-0.4, -0.2) is 28.9 Å². The van der Waals surface area contributed by atoms with Crippen molar-refractivity contribution >= 4 is 11.6 Å². The zero-order valence-corrected chi connectivity index (χ0v) is 17.2. The van der Waals surface area contributed by atoms with E-state index in [-0.39, 0.29) is 12.0 Å². The van der Waals surface area contributed by atoms with Crippen molar-refractivity contribution in [1.82, 2.24) is 9.78 Å². The third-order valence-corrected chi connectivity index (χ3v) is 5.34. The molecule has 1 aliphatic rings. The summed E-state index contributed by atoms with van der Waals surface area (Å²) in [6.45, 7) is 0. The second-order valence-electron chi connectivity index (χ2n) is 7.57. The first-order valence-electron chi connectivity index (χ1n) is 10.4. The zero-order chi connectivity index (χ0) is 20.8. The van der Waals surface area contributed by atoms with Crippen molar-refractivity contribution in [1.29, 1.82) is 0 Å². The number of nitrogens with zero attached hydrogens (tertiary/aromatic N) is 2. The van der Waals surface area contributed by atoms with E-state index in [4.69, 9.17) is 9.47 Å². The van der Waals surface area contributed by atoms with Gasteiger partial charge in [-0.15, -0.1) is 0 Å². The molecule has 1 fully saturated rings. The van der Waals surface area contributed by atoms with Crippen LogP contribution in [0.25, 0.3) is 5.69 Å². The first-order valence-corrected chi connectivity index (χ1v) is 10.4. The number of amides is 1. The van der Waals surface area contributed by atoms with Crippen molar-refractivity contribution in [3.63, 3.8) is 0 Å². The Morgan fingerprint density at radius 2 is 1.93 bits per heavy atom. The highest BCUT2D eigenvalue weighted by atomic mass is 16.5. The number of nitrogens with one attached hydrogen (secondary N) is 1. The van der Waals surface area contributed by atoms with E-state index in [1.165, 1.54) is 12.8 Å². The van der Waals surface area contributed by atoms with Gasteiger partial charge in [-0.05, 0) is 61.9 Å². The van der Waals surface area contributed by atoms with Crippen molar-refractivity contribution in [2.45, 2.75) is 44.6 Å². The summed E-state index contributed by atoms with van der Waals surface area (Å²) in [5, 5.41) is 7.35. The molecule has 1 heterocycles. The van der Waals surface area contributed by atoms with E-state index in [1.54, 1.807) is 13.3 Å². The summed E-state index contributed by atoms with van der Waals surface area (Å²) in [6.07, 6.45) is 9.53. The monoisotopic (exact) mass is 405 g/mol. The van der Waals surface area contributed by atoms with E-state index in [2.05, 4.69) is 10.4 Å². The fourth-order valence-corrected chi connectivity index (χ4v) is 3.72. The van der Waals surface area contributed by atoms with E-state index in [0.29, 0.717) is 30.0 Å². The van der Waals surface area contributed by atoms with Gasteiger partial charge in [-0.25, -0.2) is 4.68 Å². The molecule has 0 radical (unpaired) electrons. The summed E-state index contributed by atoms with van der Waals surface area (Å²) in [5.41, 5.74) is 2.74. The molecule has 4 rings (SSSR count). The largest absolute Gasteiger partial charge is 0.493 e. The molecule has 0 saturated heterocycles. The number of carbonyl (C=O) groups excluding carboxylic acids is 1. The SMILES string of the molecule is COc1ccc(NC(=O)CCc2cnn(-c3ccccc3)c2)cc1OC1CCCC1. The molecular formula is C24H27N3O3. The third-order valence-electron chi connectivity index (χ3n) is 5.34. The van der Waals surface area contributed by atoms with Crippen LogP contribution in [0.4, 0.5) is 5.69 Å². The summed E-state index contributed by atoms with van der Waals surface area (Å²) in [7, 11) is 1.63. The maximum atomic E-state index is 12.5. The second-order valence-corrected chi connectivity index (χ2v) is 7.57. The van der Waals surface area contributed by atoms with Crippen molar-refractivity contribution < 1.29 is 14.3 Å². The van der Waals surface area contributed by atoms with Gasteiger partial charge in [-0.1, -0.05) is 18.2 Å². The topological polar surface area (TPSA) is 65.4 Å². The Morgan fingerprint density at radius 1 is 1.13 bits per heavy atom. The molecule has 6 nitrogen and oxygen atoms in total. The van der Waals surface area contributed by atoms with Crippen LogP contribution in [-0.2, 0) is 11.2 Å². The van der Waals surface area contributed by atoms with E-state index >= 15 is 0 Å². The number of methoxy groups -OCH3 is 1. The van der Waals surface area contributed by atoms with Crippen LogP contribution in [0.1, 0.15) is 37.7 Å². The van der Waals surface area contributed by atoms with Gasteiger partial charge in [0.25, 0.3) is 0 Å². The molecule has 3 aromatic rings. The fourth-order valence-electron chi connectivity index (χ4n) is 3.72. The Balaban J connectivity index is 1.34. The number of para-hydroxylation sites is 1. The van der Waals surface area contributed by atoms with Crippen molar-refractivity contribution in [3.05, 3.63) is 66.5 Å². The maximum absolute atomic E-state index is 12.5. The highest BCUT2D eigenvalue weighted by Gasteiger charge is 2.19. The van der Waals surface area contributed by atoms with Crippen LogP contribution in [0.5, 0.6) is 11.5 Å². The van der Waals surface area contributed by atoms with Gasteiger partial charge in [-0.3, -0.25) is 4.79 Å². The van der Waals surface area contributed by atoms with Gasteiger partial charge in [0.1, 0.15) is 0 Å². The minimum Gasteiger partial charge on any atom is -0.493 e. The molecule has 1 saturated carbocycles. The number of rotatable bonds is 8. The highest BCUT2D eigenvalue weighted by molar-refractivity contribution is 5.91. The van der Waals surface area contributed by atoms with E-state index < -0.39 is 0 Å². The van der Waals surface area contributed by atoms with Crippen LogP contribution < -0.4 is 14.8 Å². The van der Waals surface area contributed by atoms with Crippen molar-refractivity contribution in [3.8, 4) is 17.2 Å². The van der Waals surface area contributed by atoms with Gasteiger partial charge in [0.15, 0.2) is 11.5 Å². The number of hydrogen-bond donors (Lipinski definition) is 1. The van der Waals surface area contributed by atoms with Gasteiger partial charge in [-0.2, -0.15) is 5.10 Å². The Hall–Kier alpha value is -3.28. The molecule has 156 valence electrons. The highest BCUT2D eigenvalue weighted by Crippen LogP contribution is 2.34. The fraction of sp³-hybridized carbons (Fsp3) is 0.333. The molecule has 0 aliphatic heterocycles. The average Bonchev–Trinajstić information content (AvgIpc) is 3.45. The van der Waals surface area contributed by atoms with Gasteiger partial charge in [0.2, 0.25) is 5.91 Å². The molecule has 6 heteroatoms. The molecule has 0 unspecified atom stereocenters. The molecule has 1 N–H and O–H groups in total. The average molecular weight is 405 g/mol. The summed E-state index contributed by atoms with van der Waals surface area (Å²) in [4.78, 5) is 12.5. The Morgan fingerprint density at radius 3 is 2.70 bits per heavy atom. The van der Waals surface area contributed by atoms with E-state index in [9.17, 15) is 4.79 Å². The first-order chi connectivity index (χ1) is 14.7. The third kappa shape index (κ3) is 5.00. The van der Waals surface area contributed by atoms with Crippen LogP contribution in [0.15, 0.2) is 60.9 Å². The van der Waals surface area contributed by atoms with Crippen LogP contribution in [0.3, 0.4) is 0 Å². The summed E-state index contributed by atoms with van der Waals surface area (Å²) >= 11 is 0. The predicted molar refractivity (Wildman–Crippen MR) is 116 cm³/mol. The Labute approximate surface area is 176 Å². The van der Waals surface area contributed by atoms with E-state index in [1.807, 2.05) is 59.4 Å². The minimum absolute atomic E-state index is 0.0422. The zero-order valence-electron chi connectivity index (χ0n) is 17.2. The van der Waals surface area contributed by atoms with Gasteiger partial charge >= 0.3 is 0 Å².